The Bertz CT molecular complexity index is 460. The number of amides is 1. The van der Waals surface area contributed by atoms with Gasteiger partial charge in [-0.05, 0) is 37.7 Å². The number of carbonyl (C=O) groups excluding carboxylic acids is 1. The Balaban J connectivity index is 1.78. The third-order valence-corrected chi connectivity index (χ3v) is 4.32. The van der Waals surface area contributed by atoms with Crippen molar-refractivity contribution in [1.82, 2.24) is 15.1 Å². The van der Waals surface area contributed by atoms with E-state index in [1.807, 2.05) is 4.90 Å². The normalized spacial score (nSPS) is 26.1. The SMILES string of the molecule is COc1ccc(C(=O)N2CCC[C@H]3CCC[C@H]32)nn1. The molecule has 2 aliphatic rings. The molecule has 0 spiro atoms. The molecular formula is C14H19N3O2. The highest BCUT2D eigenvalue weighted by Gasteiger charge is 2.37. The first-order valence-corrected chi connectivity index (χ1v) is 6.98. The van der Waals surface area contributed by atoms with Gasteiger partial charge in [-0.3, -0.25) is 4.79 Å². The van der Waals surface area contributed by atoms with Gasteiger partial charge in [0.15, 0.2) is 5.69 Å². The molecule has 2 fully saturated rings. The molecular weight excluding hydrogens is 242 g/mol. The van der Waals surface area contributed by atoms with Crippen LogP contribution in [0, 0.1) is 5.92 Å². The number of aromatic nitrogens is 2. The molecule has 1 saturated heterocycles. The summed E-state index contributed by atoms with van der Waals surface area (Å²) in [4.78, 5) is 14.5. The minimum Gasteiger partial charge on any atom is -0.480 e. The molecule has 1 aliphatic heterocycles. The first-order valence-electron chi connectivity index (χ1n) is 6.98. The van der Waals surface area contributed by atoms with Crippen molar-refractivity contribution in [3.05, 3.63) is 17.8 Å². The lowest BCUT2D eigenvalue weighted by Gasteiger charge is -2.37. The molecule has 0 radical (unpaired) electrons. The summed E-state index contributed by atoms with van der Waals surface area (Å²) < 4.78 is 4.97. The average molecular weight is 261 g/mol. The van der Waals surface area contributed by atoms with E-state index in [4.69, 9.17) is 4.74 Å². The van der Waals surface area contributed by atoms with Gasteiger partial charge in [0.2, 0.25) is 5.88 Å². The summed E-state index contributed by atoms with van der Waals surface area (Å²) in [5.41, 5.74) is 0.424. The van der Waals surface area contributed by atoms with E-state index >= 15 is 0 Å². The topological polar surface area (TPSA) is 55.3 Å². The van der Waals surface area contributed by atoms with Crippen molar-refractivity contribution in [2.24, 2.45) is 5.92 Å². The van der Waals surface area contributed by atoms with Gasteiger partial charge in [-0.25, -0.2) is 0 Å². The average Bonchev–Trinajstić information content (AvgIpc) is 2.95. The Morgan fingerprint density at radius 2 is 2.11 bits per heavy atom. The predicted molar refractivity (Wildman–Crippen MR) is 70.0 cm³/mol. The summed E-state index contributed by atoms with van der Waals surface area (Å²) in [6.45, 7) is 0.855. The van der Waals surface area contributed by atoms with Crippen molar-refractivity contribution in [3.8, 4) is 5.88 Å². The molecule has 5 nitrogen and oxygen atoms in total. The zero-order chi connectivity index (χ0) is 13.2. The van der Waals surface area contributed by atoms with Crippen LogP contribution in [0.15, 0.2) is 12.1 Å². The predicted octanol–water partition coefficient (Wildman–Crippen LogP) is 1.89. The lowest BCUT2D eigenvalue weighted by molar-refractivity contribution is 0.0541. The van der Waals surface area contributed by atoms with Gasteiger partial charge in [0.1, 0.15) is 0 Å². The van der Waals surface area contributed by atoms with Crippen LogP contribution in [0.4, 0.5) is 0 Å². The van der Waals surface area contributed by atoms with Crippen molar-refractivity contribution in [2.75, 3.05) is 13.7 Å². The number of rotatable bonds is 2. The molecule has 2 heterocycles. The highest BCUT2D eigenvalue weighted by molar-refractivity contribution is 5.92. The van der Waals surface area contributed by atoms with E-state index in [9.17, 15) is 4.79 Å². The molecule has 2 atom stereocenters. The summed E-state index contributed by atoms with van der Waals surface area (Å²) in [7, 11) is 1.54. The second-order valence-corrected chi connectivity index (χ2v) is 5.36. The van der Waals surface area contributed by atoms with Crippen LogP contribution in [0.1, 0.15) is 42.6 Å². The third-order valence-electron chi connectivity index (χ3n) is 4.32. The Kier molecular flexibility index (Phi) is 3.36. The van der Waals surface area contributed by atoms with Gasteiger partial charge in [-0.2, -0.15) is 0 Å². The molecule has 3 rings (SSSR count). The Morgan fingerprint density at radius 3 is 2.84 bits per heavy atom. The lowest BCUT2D eigenvalue weighted by atomic mass is 9.92. The van der Waals surface area contributed by atoms with Crippen LogP contribution in [0.25, 0.3) is 0 Å². The summed E-state index contributed by atoms with van der Waals surface area (Å²) in [5, 5.41) is 7.85. The zero-order valence-corrected chi connectivity index (χ0v) is 11.2. The van der Waals surface area contributed by atoms with Crippen molar-refractivity contribution in [3.63, 3.8) is 0 Å². The van der Waals surface area contributed by atoms with Gasteiger partial charge < -0.3 is 9.64 Å². The second kappa shape index (κ2) is 5.15. The van der Waals surface area contributed by atoms with E-state index in [0.717, 1.165) is 19.4 Å². The number of piperidine rings is 1. The summed E-state index contributed by atoms with van der Waals surface area (Å²) in [5.74, 6) is 1.16. The van der Waals surface area contributed by atoms with E-state index in [1.165, 1.54) is 19.3 Å². The summed E-state index contributed by atoms with van der Waals surface area (Å²) in [6, 6.07) is 3.81. The molecule has 0 N–H and O–H groups in total. The van der Waals surface area contributed by atoms with Crippen LogP contribution in [0.5, 0.6) is 5.88 Å². The second-order valence-electron chi connectivity index (χ2n) is 5.36. The Labute approximate surface area is 113 Å². The number of nitrogens with zero attached hydrogens (tertiary/aromatic N) is 3. The van der Waals surface area contributed by atoms with E-state index in [1.54, 1.807) is 19.2 Å². The van der Waals surface area contributed by atoms with Crippen LogP contribution in [0.3, 0.4) is 0 Å². The highest BCUT2D eigenvalue weighted by Crippen LogP contribution is 2.37. The maximum Gasteiger partial charge on any atom is 0.274 e. The number of hydrogen-bond donors (Lipinski definition) is 0. The first-order chi connectivity index (χ1) is 9.29. The van der Waals surface area contributed by atoms with Crippen LogP contribution in [-0.2, 0) is 0 Å². The maximum absolute atomic E-state index is 12.5. The van der Waals surface area contributed by atoms with Gasteiger partial charge in [0.25, 0.3) is 5.91 Å². The molecule has 5 heteroatoms. The van der Waals surface area contributed by atoms with Crippen molar-refractivity contribution < 1.29 is 9.53 Å². The van der Waals surface area contributed by atoms with E-state index in [-0.39, 0.29) is 5.91 Å². The fourth-order valence-corrected chi connectivity index (χ4v) is 3.40. The zero-order valence-electron chi connectivity index (χ0n) is 11.2. The number of fused-ring (bicyclic) bond motifs is 1. The standard InChI is InChI=1S/C14H19N3O2/c1-19-13-8-7-11(15-16-13)14(18)17-9-3-5-10-4-2-6-12(10)17/h7-8,10,12H,2-6,9H2,1H3/t10-,12-/m1/s1. The monoisotopic (exact) mass is 261 g/mol. The van der Waals surface area contributed by atoms with Gasteiger partial charge in [0, 0.05) is 18.7 Å². The molecule has 1 aromatic heterocycles. The Hall–Kier alpha value is -1.65. The molecule has 1 amide bonds. The smallest absolute Gasteiger partial charge is 0.274 e. The van der Waals surface area contributed by atoms with E-state index in [2.05, 4.69) is 10.2 Å². The highest BCUT2D eigenvalue weighted by atomic mass is 16.5. The van der Waals surface area contributed by atoms with Crippen molar-refractivity contribution >= 4 is 5.91 Å². The van der Waals surface area contributed by atoms with Gasteiger partial charge >= 0.3 is 0 Å². The van der Waals surface area contributed by atoms with Crippen LogP contribution >= 0.6 is 0 Å². The molecule has 1 saturated carbocycles. The van der Waals surface area contributed by atoms with Gasteiger partial charge in [-0.15, -0.1) is 10.2 Å². The lowest BCUT2D eigenvalue weighted by Crippen LogP contribution is -2.46. The molecule has 19 heavy (non-hydrogen) atoms. The molecule has 0 bridgehead atoms. The number of likely N-dealkylation sites (tertiary alicyclic amines) is 1. The van der Waals surface area contributed by atoms with Crippen LogP contribution in [0.2, 0.25) is 0 Å². The quantitative estimate of drug-likeness (QED) is 0.815. The minimum atomic E-state index is 0.0201. The van der Waals surface area contributed by atoms with Gasteiger partial charge in [-0.1, -0.05) is 6.42 Å². The molecule has 1 aliphatic carbocycles. The number of hydrogen-bond acceptors (Lipinski definition) is 4. The number of carbonyl (C=O) groups is 1. The molecule has 1 aromatic rings. The van der Waals surface area contributed by atoms with E-state index in [0.29, 0.717) is 23.5 Å². The largest absolute Gasteiger partial charge is 0.480 e. The molecule has 0 aromatic carbocycles. The number of methoxy groups -OCH3 is 1. The van der Waals surface area contributed by atoms with Crippen molar-refractivity contribution in [2.45, 2.75) is 38.1 Å². The minimum absolute atomic E-state index is 0.0201. The van der Waals surface area contributed by atoms with Crippen LogP contribution in [-0.4, -0.2) is 40.7 Å². The first kappa shape index (κ1) is 12.4. The number of ether oxygens (including phenoxy) is 1. The fraction of sp³-hybridized carbons (Fsp3) is 0.643. The van der Waals surface area contributed by atoms with Gasteiger partial charge in [0.05, 0.1) is 7.11 Å². The summed E-state index contributed by atoms with van der Waals surface area (Å²) >= 11 is 0. The van der Waals surface area contributed by atoms with Crippen LogP contribution < -0.4 is 4.74 Å². The van der Waals surface area contributed by atoms with Crippen molar-refractivity contribution in [1.29, 1.82) is 0 Å². The molecule has 102 valence electrons. The van der Waals surface area contributed by atoms with E-state index < -0.39 is 0 Å². The third kappa shape index (κ3) is 2.29. The Morgan fingerprint density at radius 1 is 1.26 bits per heavy atom. The maximum atomic E-state index is 12.5. The summed E-state index contributed by atoms with van der Waals surface area (Å²) in [6.07, 6.45) is 6.02. The molecule has 0 unspecified atom stereocenters. The fourth-order valence-electron chi connectivity index (χ4n) is 3.40.